The Morgan fingerprint density at radius 2 is 1.49 bits per heavy atom. The van der Waals surface area contributed by atoms with Gasteiger partial charge in [-0.3, -0.25) is 19.2 Å². The zero-order valence-electron chi connectivity index (χ0n) is 47.9. The van der Waals surface area contributed by atoms with Crippen LogP contribution in [-0.2, 0) is 58.9 Å². The lowest BCUT2D eigenvalue weighted by molar-refractivity contribution is -0.346. The maximum atomic E-state index is 16.2. The average molecular weight is 1140 g/mol. The third-order valence-electron chi connectivity index (χ3n) is 15.1. The Kier molecular flexibility index (Phi) is 14.8. The summed E-state index contributed by atoms with van der Waals surface area (Å²) in [6.07, 6.45) is -14.0. The second-order valence-electron chi connectivity index (χ2n) is 20.2. The summed E-state index contributed by atoms with van der Waals surface area (Å²) in [5.74, 6) is -8.45. The lowest BCUT2D eigenvalue weighted by Crippen LogP contribution is -2.82. The summed E-state index contributed by atoms with van der Waals surface area (Å²) in [4.78, 5) is 100. The molecule has 3 fully saturated rings. The van der Waals surface area contributed by atoms with Crippen LogP contribution in [0.15, 0.2) is 126 Å². The number of benzene rings is 4. The van der Waals surface area contributed by atoms with E-state index in [9.17, 15) is 39.0 Å². The van der Waals surface area contributed by atoms with Gasteiger partial charge in [0.1, 0.15) is 49.0 Å². The minimum absolute atomic E-state index is 0.0110. The molecular formula is C57H58Cl3NO17. The smallest absolute Gasteiger partial charge is 0.489 e. The molecule has 4 aliphatic rings. The van der Waals surface area contributed by atoms with Crippen LogP contribution in [-0.4, -0.2) is 117 Å². The number of aliphatic hydroxyl groups excluding tert-OH is 1. The zero-order valence-corrected chi connectivity index (χ0v) is 45.2. The Morgan fingerprint density at radius 3 is 2.08 bits per heavy atom. The highest BCUT2D eigenvalue weighted by Crippen LogP contribution is 2.65. The fourth-order valence-corrected chi connectivity index (χ4v) is 11.4. The zero-order chi connectivity index (χ0) is 60.9. The molecule has 1 heterocycles. The first kappa shape index (κ1) is 50.9. The normalized spacial score (nSPS) is 28.7. The predicted octanol–water partition coefficient (Wildman–Crippen LogP) is 7.85. The van der Waals surface area contributed by atoms with Gasteiger partial charge >= 0.3 is 30.0 Å². The topological polar surface area (TPSA) is 246 Å². The van der Waals surface area contributed by atoms with E-state index in [4.69, 9.17) is 79.6 Å². The molecule has 0 unspecified atom stereocenters. The van der Waals surface area contributed by atoms with Crippen molar-refractivity contribution < 1.29 is 88.5 Å². The summed E-state index contributed by atoms with van der Waals surface area (Å²) in [6, 6.07) is 16.2. The average Bonchev–Trinajstić information content (AvgIpc) is 0.822. The number of amides is 1. The molecule has 4 aromatic rings. The number of Topliss-reactive ketones (excluding diaryl/α,β-unsaturated/α-hetero) is 1. The molecule has 2 saturated carbocycles. The highest BCUT2D eigenvalue weighted by Gasteiger charge is 2.79. The Balaban J connectivity index is 1.27. The van der Waals surface area contributed by atoms with Gasteiger partial charge in [0.25, 0.3) is 5.91 Å². The van der Waals surface area contributed by atoms with Crippen molar-refractivity contribution in [2.45, 2.75) is 119 Å². The monoisotopic (exact) mass is 1140 g/mol. The highest BCUT2D eigenvalue weighted by atomic mass is 35.6. The van der Waals surface area contributed by atoms with Crippen LogP contribution < -0.4 is 10.1 Å². The summed E-state index contributed by atoms with van der Waals surface area (Å²) in [6.45, 7) is 6.44. The van der Waals surface area contributed by atoms with Gasteiger partial charge in [0.15, 0.2) is 23.6 Å². The van der Waals surface area contributed by atoms with E-state index in [1.54, 1.807) is 6.07 Å². The van der Waals surface area contributed by atoms with Crippen LogP contribution in [0.25, 0.3) is 0 Å². The van der Waals surface area contributed by atoms with Crippen LogP contribution >= 0.6 is 34.8 Å². The minimum Gasteiger partial charge on any atom is -0.489 e. The second-order valence-corrected chi connectivity index (χ2v) is 22.7. The number of ketones is 1. The van der Waals surface area contributed by atoms with Crippen LogP contribution in [0.3, 0.4) is 0 Å². The number of aliphatic hydroxyl groups is 2. The first-order chi connectivity index (χ1) is 38.9. The Labute approximate surface area is 471 Å². The number of hydrogen-bond acceptors (Lipinski definition) is 17. The van der Waals surface area contributed by atoms with Gasteiger partial charge in [0.2, 0.25) is 3.79 Å². The molecule has 3 N–H and O–H groups in total. The van der Waals surface area contributed by atoms with Crippen molar-refractivity contribution in [3.8, 4) is 5.75 Å². The van der Waals surface area contributed by atoms with Gasteiger partial charge in [0.05, 0.1) is 36.4 Å². The molecule has 2 bridgehead atoms. The first-order valence-corrected chi connectivity index (χ1v) is 25.7. The van der Waals surface area contributed by atoms with Crippen molar-refractivity contribution in [3.05, 3.63) is 149 Å². The standard InChI is InChI=1S/C57H58Cl3NO17/c1-31-39(75-51(68)44(64)43(61-49(66)36-18-12-8-13-19-36)35-22-24-38(25-23-35)71-28-34-16-10-7-11-17-34)27-56(70)48(77-50(67)37-20-14-9-15-21-37)46-54(6,47(65)45(74-32(2)62)42(31)53(56,4)5)40(76-52(69)73-30-57(58,59)60)26-41-55(46,29-72-41)78-33(3)63/h7-25,39-41,43-46,48,64,70H,26-30H2,1-6H3,(H,61,66)/t39-,40-,41+,43-,44+,45+,46-,48-,54+,55-,56+/m0/s1/i8D,12D,13D,18D,19D. The summed E-state index contributed by atoms with van der Waals surface area (Å²) in [5, 5.41) is 28.8. The molecule has 78 heavy (non-hydrogen) atoms. The molecular weight excluding hydrogens is 1080 g/mol. The number of rotatable bonds is 15. The van der Waals surface area contributed by atoms with E-state index < -0.39 is 178 Å². The van der Waals surface area contributed by atoms with E-state index >= 15 is 4.79 Å². The van der Waals surface area contributed by atoms with Crippen LogP contribution in [0, 0.1) is 16.7 Å². The molecule has 3 aliphatic carbocycles. The molecule has 8 rings (SSSR count). The summed E-state index contributed by atoms with van der Waals surface area (Å²) in [5.41, 5.74) is -9.23. The van der Waals surface area contributed by atoms with Gasteiger partial charge in [-0.2, -0.15) is 0 Å². The van der Waals surface area contributed by atoms with Crippen LogP contribution in [0.4, 0.5) is 4.79 Å². The Morgan fingerprint density at radius 1 is 0.846 bits per heavy atom. The Bertz CT molecular complexity index is 3230. The van der Waals surface area contributed by atoms with E-state index in [1.807, 2.05) is 30.3 Å². The fraction of sp³-hybridized carbons (Fsp3) is 0.421. The van der Waals surface area contributed by atoms with Gasteiger partial charge in [-0.15, -0.1) is 0 Å². The maximum absolute atomic E-state index is 16.2. The molecule has 0 spiro atoms. The second kappa shape index (κ2) is 22.7. The third kappa shape index (κ3) is 11.3. The van der Waals surface area contributed by atoms with E-state index in [2.05, 4.69) is 5.32 Å². The van der Waals surface area contributed by atoms with Crippen LogP contribution in [0.5, 0.6) is 5.75 Å². The molecule has 0 aromatic heterocycles. The SMILES string of the molecule is [2H]c1c([2H])c([2H])c(C(=O)N[C@@H](c2ccc(OCc3ccccc3)cc2)[C@@H](O)C(=O)O[C@H]2C[C@@]3(O)[C@@H](OC(=O)c4ccccc4)[C@@H]4[C@]5(OC(C)=O)CO[C@@H]5C[C@H](OC(=O)OCC(Cl)(Cl)Cl)[C@@]4(C)C(=O)[C@H](OC(C)=O)C(=C2C)C3(C)C)c([2H])c1[2H]. The lowest BCUT2D eigenvalue weighted by Gasteiger charge is -2.67. The number of carbonyl (C=O) groups is 7. The minimum atomic E-state index is -2.66. The van der Waals surface area contributed by atoms with Crippen molar-refractivity contribution in [2.24, 2.45) is 16.7 Å². The lowest BCUT2D eigenvalue weighted by atomic mass is 9.44. The van der Waals surface area contributed by atoms with Crippen molar-refractivity contribution >= 4 is 76.5 Å². The quantitative estimate of drug-likeness (QED) is 0.0444. The number of fused-ring (bicyclic) bond motifs is 5. The molecule has 11 atom stereocenters. The van der Waals surface area contributed by atoms with E-state index in [-0.39, 0.29) is 28.9 Å². The molecule has 21 heteroatoms. The maximum Gasteiger partial charge on any atom is 0.508 e. The van der Waals surface area contributed by atoms with Crippen LogP contribution in [0.2, 0.25) is 0 Å². The molecule has 1 amide bonds. The largest absolute Gasteiger partial charge is 0.508 e. The summed E-state index contributed by atoms with van der Waals surface area (Å²) >= 11 is 17.7. The number of halogens is 3. The molecule has 1 saturated heterocycles. The summed E-state index contributed by atoms with van der Waals surface area (Å²) < 4.78 is 87.1. The number of carbonyl (C=O) groups excluding carboxylic acids is 7. The van der Waals surface area contributed by atoms with Gasteiger partial charge in [0, 0.05) is 37.7 Å². The summed E-state index contributed by atoms with van der Waals surface area (Å²) in [7, 11) is 0. The molecule has 18 nitrogen and oxygen atoms in total. The third-order valence-corrected chi connectivity index (χ3v) is 15.4. The van der Waals surface area contributed by atoms with Gasteiger partial charge in [-0.25, -0.2) is 14.4 Å². The van der Waals surface area contributed by atoms with E-state index in [1.165, 1.54) is 76.2 Å². The van der Waals surface area contributed by atoms with E-state index in [0.29, 0.717) is 5.75 Å². The molecule has 0 radical (unpaired) electrons. The molecule has 414 valence electrons. The predicted molar refractivity (Wildman–Crippen MR) is 279 cm³/mol. The van der Waals surface area contributed by atoms with Gasteiger partial charge in [-0.05, 0) is 72.5 Å². The van der Waals surface area contributed by atoms with Crippen molar-refractivity contribution in [2.75, 3.05) is 13.2 Å². The number of alkyl halides is 3. The van der Waals surface area contributed by atoms with Crippen molar-refractivity contribution in [1.82, 2.24) is 5.32 Å². The molecule has 1 aliphatic heterocycles. The number of nitrogens with one attached hydrogen (secondary N) is 1. The number of esters is 4. The van der Waals surface area contributed by atoms with E-state index in [0.717, 1.165) is 19.4 Å². The van der Waals surface area contributed by atoms with Gasteiger partial charge in [-0.1, -0.05) is 127 Å². The number of ether oxygens (including phenoxy) is 8. The van der Waals surface area contributed by atoms with Gasteiger partial charge < -0.3 is 53.4 Å². The highest BCUT2D eigenvalue weighted by molar-refractivity contribution is 6.67. The van der Waals surface area contributed by atoms with Crippen molar-refractivity contribution in [3.63, 3.8) is 0 Å². The fourth-order valence-electron chi connectivity index (χ4n) is 11.2. The van der Waals surface area contributed by atoms with Crippen molar-refractivity contribution in [1.29, 1.82) is 0 Å². The number of hydrogen-bond donors (Lipinski definition) is 3. The van der Waals surface area contributed by atoms with Crippen LogP contribution in [0.1, 0.15) is 99.1 Å². The Hall–Kier alpha value is -6.54. The molecule has 4 aromatic carbocycles. The first-order valence-electron chi connectivity index (χ1n) is 27.0.